The molecule has 1 atom stereocenters. The smallest absolute Gasteiger partial charge is 0.328 e. The summed E-state index contributed by atoms with van der Waals surface area (Å²) in [5.74, 6) is -2.31. The molecule has 0 spiro atoms. The highest BCUT2D eigenvalue weighted by atomic mass is 19.1. The highest BCUT2D eigenvalue weighted by Gasteiger charge is 2.33. The van der Waals surface area contributed by atoms with Crippen molar-refractivity contribution in [1.82, 2.24) is 9.88 Å². The fourth-order valence-electron chi connectivity index (χ4n) is 1.72. The molecule has 1 saturated heterocycles. The summed E-state index contributed by atoms with van der Waals surface area (Å²) in [4.78, 5) is 27.6. The number of ether oxygens (including phenoxy) is 1. The number of carbonyl (C=O) groups excluding carboxylic acids is 1. The molecule has 1 aromatic rings. The second-order valence-electron chi connectivity index (χ2n) is 3.80. The second kappa shape index (κ2) is 5.09. The predicted molar refractivity (Wildman–Crippen MR) is 57.5 cm³/mol. The summed E-state index contributed by atoms with van der Waals surface area (Å²) in [5, 5.41) is 9.00. The van der Waals surface area contributed by atoms with E-state index in [1.807, 2.05) is 0 Å². The fourth-order valence-corrected chi connectivity index (χ4v) is 1.72. The summed E-state index contributed by atoms with van der Waals surface area (Å²) in [7, 11) is 0. The standard InChI is InChI=1S/C11H11FN2O4/c12-9-2-1-7(5-13-9)10(15)14-3-4-18-6-8(14)11(16)17/h1-2,5,8H,3-4,6H2,(H,16,17). The topological polar surface area (TPSA) is 79.7 Å². The van der Waals surface area contributed by atoms with Crippen molar-refractivity contribution in [2.75, 3.05) is 19.8 Å². The normalized spacial score (nSPS) is 19.6. The first kappa shape index (κ1) is 12.4. The van der Waals surface area contributed by atoms with Gasteiger partial charge in [-0.25, -0.2) is 9.78 Å². The zero-order valence-electron chi connectivity index (χ0n) is 9.38. The van der Waals surface area contributed by atoms with Crippen molar-refractivity contribution in [3.63, 3.8) is 0 Å². The third kappa shape index (κ3) is 2.45. The summed E-state index contributed by atoms with van der Waals surface area (Å²) in [6.07, 6.45) is 1.09. The first-order valence-electron chi connectivity index (χ1n) is 5.32. The molecule has 2 heterocycles. The van der Waals surface area contributed by atoms with Crippen molar-refractivity contribution in [1.29, 1.82) is 0 Å². The van der Waals surface area contributed by atoms with Gasteiger partial charge in [0, 0.05) is 12.7 Å². The van der Waals surface area contributed by atoms with Gasteiger partial charge in [0.1, 0.15) is 0 Å². The van der Waals surface area contributed by atoms with Gasteiger partial charge in [-0.2, -0.15) is 4.39 Å². The second-order valence-corrected chi connectivity index (χ2v) is 3.80. The highest BCUT2D eigenvalue weighted by Crippen LogP contribution is 2.12. The lowest BCUT2D eigenvalue weighted by Crippen LogP contribution is -2.52. The zero-order valence-corrected chi connectivity index (χ0v) is 9.38. The van der Waals surface area contributed by atoms with Gasteiger partial charge in [0.15, 0.2) is 6.04 Å². The first-order chi connectivity index (χ1) is 8.59. The minimum absolute atomic E-state index is 0.0459. The third-order valence-corrected chi connectivity index (χ3v) is 2.65. The number of pyridine rings is 1. The number of amides is 1. The SMILES string of the molecule is O=C(O)C1COCCN1C(=O)c1ccc(F)nc1. The van der Waals surface area contributed by atoms with Gasteiger partial charge in [-0.05, 0) is 12.1 Å². The molecule has 1 fully saturated rings. The van der Waals surface area contributed by atoms with E-state index in [9.17, 15) is 14.0 Å². The highest BCUT2D eigenvalue weighted by molar-refractivity contribution is 5.96. The maximum Gasteiger partial charge on any atom is 0.328 e. The van der Waals surface area contributed by atoms with Crippen LogP contribution >= 0.6 is 0 Å². The number of aliphatic carboxylic acids is 1. The van der Waals surface area contributed by atoms with Crippen molar-refractivity contribution >= 4 is 11.9 Å². The van der Waals surface area contributed by atoms with Gasteiger partial charge < -0.3 is 14.7 Å². The van der Waals surface area contributed by atoms with Crippen LogP contribution in [0.2, 0.25) is 0 Å². The number of halogens is 1. The van der Waals surface area contributed by atoms with Crippen molar-refractivity contribution < 1.29 is 23.8 Å². The molecule has 0 bridgehead atoms. The molecule has 1 aliphatic rings. The number of carboxylic acid groups (broad SMARTS) is 1. The van der Waals surface area contributed by atoms with Crippen LogP contribution in [0.5, 0.6) is 0 Å². The largest absolute Gasteiger partial charge is 0.480 e. The van der Waals surface area contributed by atoms with E-state index < -0.39 is 23.9 Å². The van der Waals surface area contributed by atoms with Gasteiger partial charge in [0.2, 0.25) is 5.95 Å². The minimum atomic E-state index is -1.13. The van der Waals surface area contributed by atoms with Crippen LogP contribution in [0.3, 0.4) is 0 Å². The van der Waals surface area contributed by atoms with E-state index in [0.29, 0.717) is 0 Å². The molecule has 1 N–H and O–H groups in total. The lowest BCUT2D eigenvalue weighted by molar-refractivity contribution is -0.147. The number of nitrogens with zero attached hydrogens (tertiary/aromatic N) is 2. The van der Waals surface area contributed by atoms with Crippen molar-refractivity contribution in [3.05, 3.63) is 29.8 Å². The zero-order chi connectivity index (χ0) is 13.1. The van der Waals surface area contributed by atoms with Crippen LogP contribution in [-0.4, -0.2) is 52.7 Å². The van der Waals surface area contributed by atoms with E-state index in [0.717, 1.165) is 12.3 Å². The van der Waals surface area contributed by atoms with E-state index in [1.54, 1.807) is 0 Å². The van der Waals surface area contributed by atoms with Gasteiger partial charge >= 0.3 is 5.97 Å². The Hall–Kier alpha value is -2.02. The average Bonchev–Trinajstić information content (AvgIpc) is 2.39. The van der Waals surface area contributed by atoms with E-state index >= 15 is 0 Å². The summed E-state index contributed by atoms with van der Waals surface area (Å²) >= 11 is 0. The number of hydrogen-bond donors (Lipinski definition) is 1. The number of carboxylic acids is 1. The Bertz CT molecular complexity index is 463. The van der Waals surface area contributed by atoms with Crippen LogP contribution in [0.25, 0.3) is 0 Å². The van der Waals surface area contributed by atoms with Gasteiger partial charge in [0.05, 0.1) is 18.8 Å². The molecule has 0 radical (unpaired) electrons. The third-order valence-electron chi connectivity index (χ3n) is 2.65. The quantitative estimate of drug-likeness (QED) is 0.760. The molecule has 1 aliphatic heterocycles. The van der Waals surface area contributed by atoms with Crippen LogP contribution < -0.4 is 0 Å². The molecule has 18 heavy (non-hydrogen) atoms. The molecular weight excluding hydrogens is 243 g/mol. The van der Waals surface area contributed by atoms with Crippen LogP contribution in [0, 0.1) is 5.95 Å². The Morgan fingerprint density at radius 2 is 2.28 bits per heavy atom. The minimum Gasteiger partial charge on any atom is -0.480 e. The molecule has 1 aromatic heterocycles. The Kier molecular flexibility index (Phi) is 3.52. The van der Waals surface area contributed by atoms with Gasteiger partial charge in [-0.1, -0.05) is 0 Å². The summed E-state index contributed by atoms with van der Waals surface area (Å²) in [6.45, 7) is 0.424. The van der Waals surface area contributed by atoms with Gasteiger partial charge in [-0.3, -0.25) is 4.79 Å². The van der Waals surface area contributed by atoms with Crippen LogP contribution in [-0.2, 0) is 9.53 Å². The maximum absolute atomic E-state index is 12.6. The molecule has 96 valence electrons. The van der Waals surface area contributed by atoms with Crippen LogP contribution in [0.4, 0.5) is 4.39 Å². The van der Waals surface area contributed by atoms with Gasteiger partial charge in [-0.15, -0.1) is 0 Å². The summed E-state index contributed by atoms with van der Waals surface area (Å²) in [6, 6.07) is 1.32. The van der Waals surface area contributed by atoms with Crippen molar-refractivity contribution in [3.8, 4) is 0 Å². The van der Waals surface area contributed by atoms with Crippen molar-refractivity contribution in [2.45, 2.75) is 6.04 Å². The Morgan fingerprint density at radius 3 is 2.89 bits per heavy atom. The molecule has 0 aliphatic carbocycles. The van der Waals surface area contributed by atoms with E-state index in [-0.39, 0.29) is 25.3 Å². The molecule has 6 nitrogen and oxygen atoms in total. The number of aromatic nitrogens is 1. The molecule has 1 unspecified atom stereocenters. The van der Waals surface area contributed by atoms with E-state index in [1.165, 1.54) is 11.0 Å². The molecule has 7 heteroatoms. The fraction of sp³-hybridized carbons (Fsp3) is 0.364. The molecule has 1 amide bonds. The average molecular weight is 254 g/mol. The Labute approximate surface area is 102 Å². The molecule has 2 rings (SSSR count). The lowest BCUT2D eigenvalue weighted by Gasteiger charge is -2.32. The first-order valence-corrected chi connectivity index (χ1v) is 5.32. The number of hydrogen-bond acceptors (Lipinski definition) is 4. The van der Waals surface area contributed by atoms with E-state index in [2.05, 4.69) is 4.98 Å². The van der Waals surface area contributed by atoms with Crippen molar-refractivity contribution in [2.24, 2.45) is 0 Å². The van der Waals surface area contributed by atoms with Gasteiger partial charge in [0.25, 0.3) is 5.91 Å². The summed E-state index contributed by atoms with van der Waals surface area (Å²) in [5.41, 5.74) is 0.157. The lowest BCUT2D eigenvalue weighted by atomic mass is 10.1. The van der Waals surface area contributed by atoms with Crippen LogP contribution in [0.15, 0.2) is 18.3 Å². The molecular formula is C11H11FN2O4. The maximum atomic E-state index is 12.6. The molecule has 0 aromatic carbocycles. The molecule has 0 saturated carbocycles. The number of morpholine rings is 1. The Balaban J connectivity index is 2.20. The number of rotatable bonds is 2. The van der Waals surface area contributed by atoms with E-state index in [4.69, 9.17) is 9.84 Å². The number of carbonyl (C=O) groups is 2. The summed E-state index contributed by atoms with van der Waals surface area (Å²) < 4.78 is 17.7. The predicted octanol–water partition coefficient (Wildman–Crippen LogP) is 0.146. The Morgan fingerprint density at radius 1 is 1.50 bits per heavy atom. The monoisotopic (exact) mass is 254 g/mol. The van der Waals surface area contributed by atoms with Crippen LogP contribution in [0.1, 0.15) is 10.4 Å².